The molecule has 0 aliphatic carbocycles. The first kappa shape index (κ1) is 16.2. The minimum Gasteiger partial charge on any atom is -0.342 e. The molecule has 3 rings (SSSR count). The van der Waals surface area contributed by atoms with Crippen molar-refractivity contribution in [1.29, 1.82) is 0 Å². The highest BCUT2D eigenvalue weighted by Gasteiger charge is 2.30. The van der Waals surface area contributed by atoms with Crippen LogP contribution in [0.2, 0.25) is 0 Å². The molecule has 1 aromatic rings. The van der Waals surface area contributed by atoms with Crippen LogP contribution in [0.5, 0.6) is 0 Å². The number of carbonyl (C=O) groups is 1. The highest BCUT2D eigenvalue weighted by molar-refractivity contribution is 5.85. The lowest BCUT2D eigenvalue weighted by Crippen LogP contribution is -2.44. The van der Waals surface area contributed by atoms with Crippen LogP contribution in [-0.2, 0) is 11.2 Å². The molecule has 2 fully saturated rings. The Morgan fingerprint density at radius 1 is 1.48 bits per heavy atom. The van der Waals surface area contributed by atoms with E-state index in [1.165, 1.54) is 0 Å². The van der Waals surface area contributed by atoms with Gasteiger partial charge in [-0.25, -0.2) is 0 Å². The molecule has 2 saturated heterocycles. The summed E-state index contributed by atoms with van der Waals surface area (Å²) in [4.78, 5) is 18.7. The molecule has 2 unspecified atom stereocenters. The van der Waals surface area contributed by atoms with Crippen molar-refractivity contribution in [2.24, 2.45) is 11.8 Å². The number of aryl methyl sites for hydroxylation is 1. The van der Waals surface area contributed by atoms with E-state index >= 15 is 0 Å². The van der Waals surface area contributed by atoms with E-state index in [1.54, 1.807) is 6.92 Å². The minimum absolute atomic E-state index is 0. The molecule has 0 saturated carbocycles. The second-order valence-corrected chi connectivity index (χ2v) is 5.92. The maximum atomic E-state index is 12.4. The fourth-order valence-corrected chi connectivity index (χ4v) is 3.24. The third kappa shape index (κ3) is 3.95. The summed E-state index contributed by atoms with van der Waals surface area (Å²) < 4.78 is 5.01. The Balaban J connectivity index is 0.00000161. The van der Waals surface area contributed by atoms with Crippen molar-refractivity contribution >= 4 is 18.3 Å². The lowest BCUT2D eigenvalue weighted by atomic mass is 9.93. The Hall–Kier alpha value is -1.14. The summed E-state index contributed by atoms with van der Waals surface area (Å²) in [6.45, 7) is 5.35. The summed E-state index contributed by atoms with van der Waals surface area (Å²) in [5.41, 5.74) is 0. The standard InChI is InChI=1S/C14H22N4O2.ClH/c1-10-16-13(17-20-10)7-11-3-2-6-18(9-11)14(19)12-4-5-15-8-12;/h11-12,15H,2-9H2,1H3;1H. The number of rotatable bonds is 3. The number of likely N-dealkylation sites (tertiary alicyclic amines) is 1. The molecule has 2 aliphatic heterocycles. The zero-order chi connectivity index (χ0) is 13.9. The number of amides is 1. The van der Waals surface area contributed by atoms with Crippen molar-refractivity contribution in [2.45, 2.75) is 32.6 Å². The highest BCUT2D eigenvalue weighted by atomic mass is 35.5. The first-order chi connectivity index (χ1) is 9.72. The molecule has 118 valence electrons. The Labute approximate surface area is 131 Å². The first-order valence-corrected chi connectivity index (χ1v) is 7.51. The first-order valence-electron chi connectivity index (χ1n) is 7.51. The van der Waals surface area contributed by atoms with Gasteiger partial charge in [-0.1, -0.05) is 5.16 Å². The topological polar surface area (TPSA) is 71.3 Å². The number of aromatic nitrogens is 2. The van der Waals surface area contributed by atoms with Gasteiger partial charge in [-0.2, -0.15) is 4.98 Å². The van der Waals surface area contributed by atoms with Crippen LogP contribution >= 0.6 is 12.4 Å². The van der Waals surface area contributed by atoms with Crippen LogP contribution in [-0.4, -0.2) is 47.1 Å². The van der Waals surface area contributed by atoms with Gasteiger partial charge in [0.2, 0.25) is 11.8 Å². The number of nitrogens with one attached hydrogen (secondary N) is 1. The van der Waals surface area contributed by atoms with Crippen LogP contribution in [0.25, 0.3) is 0 Å². The molecular weight excluding hydrogens is 292 g/mol. The highest BCUT2D eigenvalue weighted by Crippen LogP contribution is 2.22. The van der Waals surface area contributed by atoms with Crippen LogP contribution in [0.15, 0.2) is 4.52 Å². The van der Waals surface area contributed by atoms with Crippen LogP contribution < -0.4 is 5.32 Å². The molecule has 21 heavy (non-hydrogen) atoms. The van der Waals surface area contributed by atoms with Crippen molar-refractivity contribution in [3.63, 3.8) is 0 Å². The van der Waals surface area contributed by atoms with Gasteiger partial charge in [0.1, 0.15) is 0 Å². The Bertz CT molecular complexity index is 473. The second-order valence-electron chi connectivity index (χ2n) is 5.92. The van der Waals surface area contributed by atoms with E-state index in [-0.39, 0.29) is 18.3 Å². The zero-order valence-corrected chi connectivity index (χ0v) is 13.2. The third-order valence-corrected chi connectivity index (χ3v) is 4.28. The number of hydrogen-bond donors (Lipinski definition) is 1. The normalized spacial score (nSPS) is 25.7. The lowest BCUT2D eigenvalue weighted by Gasteiger charge is -2.33. The average Bonchev–Trinajstić information content (AvgIpc) is 3.10. The molecule has 0 aromatic carbocycles. The zero-order valence-electron chi connectivity index (χ0n) is 12.4. The fourth-order valence-electron chi connectivity index (χ4n) is 3.24. The fraction of sp³-hybridized carbons (Fsp3) is 0.786. The van der Waals surface area contributed by atoms with Crippen molar-refractivity contribution < 1.29 is 9.32 Å². The smallest absolute Gasteiger partial charge is 0.227 e. The quantitative estimate of drug-likeness (QED) is 0.907. The Kier molecular flexibility index (Phi) is 5.58. The summed E-state index contributed by atoms with van der Waals surface area (Å²) in [7, 11) is 0. The van der Waals surface area contributed by atoms with Crippen LogP contribution in [0, 0.1) is 18.8 Å². The van der Waals surface area contributed by atoms with Crippen molar-refractivity contribution in [3.8, 4) is 0 Å². The SMILES string of the molecule is Cc1nc(CC2CCCN(C(=O)C3CCNC3)C2)no1.Cl. The van der Waals surface area contributed by atoms with E-state index in [0.717, 1.165) is 57.7 Å². The molecule has 1 amide bonds. The predicted molar refractivity (Wildman–Crippen MR) is 80.3 cm³/mol. The summed E-state index contributed by atoms with van der Waals surface area (Å²) in [6.07, 6.45) is 4.00. The van der Waals surface area contributed by atoms with Gasteiger partial charge in [-0.3, -0.25) is 4.79 Å². The van der Waals surface area contributed by atoms with Gasteiger partial charge >= 0.3 is 0 Å². The molecular formula is C14H23ClN4O2. The molecule has 0 radical (unpaired) electrons. The largest absolute Gasteiger partial charge is 0.342 e. The lowest BCUT2D eigenvalue weighted by molar-refractivity contribution is -0.136. The molecule has 1 aromatic heterocycles. The summed E-state index contributed by atoms with van der Waals surface area (Å²) in [5, 5.41) is 7.22. The van der Waals surface area contributed by atoms with Gasteiger partial charge in [0.05, 0.1) is 5.92 Å². The van der Waals surface area contributed by atoms with Crippen LogP contribution in [0.4, 0.5) is 0 Å². The molecule has 1 N–H and O–H groups in total. The van der Waals surface area contributed by atoms with E-state index in [4.69, 9.17) is 4.52 Å². The van der Waals surface area contributed by atoms with Crippen molar-refractivity contribution in [3.05, 3.63) is 11.7 Å². The summed E-state index contributed by atoms with van der Waals surface area (Å²) in [5.74, 6) is 2.34. The van der Waals surface area contributed by atoms with Crippen LogP contribution in [0.3, 0.4) is 0 Å². The molecule has 2 atom stereocenters. The number of halogens is 1. The third-order valence-electron chi connectivity index (χ3n) is 4.28. The number of carbonyl (C=O) groups excluding carboxylic acids is 1. The molecule has 0 bridgehead atoms. The van der Waals surface area contributed by atoms with Crippen molar-refractivity contribution in [2.75, 3.05) is 26.2 Å². The van der Waals surface area contributed by atoms with Gasteiger partial charge in [0, 0.05) is 33.0 Å². The van der Waals surface area contributed by atoms with E-state index in [1.807, 2.05) is 4.90 Å². The molecule has 7 heteroatoms. The molecule has 6 nitrogen and oxygen atoms in total. The van der Waals surface area contributed by atoms with Gasteiger partial charge in [0.15, 0.2) is 5.82 Å². The van der Waals surface area contributed by atoms with Gasteiger partial charge in [-0.05, 0) is 31.7 Å². The maximum Gasteiger partial charge on any atom is 0.227 e. The second kappa shape index (κ2) is 7.22. The molecule has 2 aliphatic rings. The number of nitrogens with zero attached hydrogens (tertiary/aromatic N) is 3. The Morgan fingerprint density at radius 2 is 2.33 bits per heavy atom. The minimum atomic E-state index is 0. The van der Waals surface area contributed by atoms with Gasteiger partial charge < -0.3 is 14.7 Å². The van der Waals surface area contributed by atoms with E-state index in [0.29, 0.717) is 17.7 Å². The number of hydrogen-bond acceptors (Lipinski definition) is 5. The summed E-state index contributed by atoms with van der Waals surface area (Å²) in [6, 6.07) is 0. The van der Waals surface area contributed by atoms with E-state index in [2.05, 4.69) is 15.5 Å². The molecule has 3 heterocycles. The van der Waals surface area contributed by atoms with Gasteiger partial charge in [-0.15, -0.1) is 12.4 Å². The Morgan fingerprint density at radius 3 is 3.00 bits per heavy atom. The summed E-state index contributed by atoms with van der Waals surface area (Å²) >= 11 is 0. The predicted octanol–water partition coefficient (Wildman–Crippen LogP) is 1.19. The van der Waals surface area contributed by atoms with Crippen LogP contribution in [0.1, 0.15) is 31.0 Å². The molecule has 0 spiro atoms. The monoisotopic (exact) mass is 314 g/mol. The maximum absolute atomic E-state index is 12.4. The van der Waals surface area contributed by atoms with E-state index < -0.39 is 0 Å². The van der Waals surface area contributed by atoms with E-state index in [9.17, 15) is 4.79 Å². The average molecular weight is 315 g/mol. The van der Waals surface area contributed by atoms with Gasteiger partial charge in [0.25, 0.3) is 0 Å². The number of piperidine rings is 1. The van der Waals surface area contributed by atoms with Crippen molar-refractivity contribution in [1.82, 2.24) is 20.4 Å².